The Bertz CT molecular complexity index is 1450. The molecule has 6 rings (SSSR count). The molecule has 37 heavy (non-hydrogen) atoms. The van der Waals surface area contributed by atoms with E-state index in [-0.39, 0.29) is 17.8 Å². The first-order valence-corrected chi connectivity index (χ1v) is 11.1. The molecule has 0 aliphatic carbocycles. The van der Waals surface area contributed by atoms with Crippen molar-refractivity contribution in [2.45, 2.75) is 0 Å². The predicted octanol–water partition coefficient (Wildman–Crippen LogP) is 6.24. The monoisotopic (exact) mass is 494 g/mol. The average Bonchev–Trinajstić information content (AvgIpc) is 3.67. The molecule has 0 atom stereocenters. The summed E-state index contributed by atoms with van der Waals surface area (Å²) < 4.78 is 15.7. The maximum Gasteiger partial charge on any atom is 0.302 e. The van der Waals surface area contributed by atoms with Gasteiger partial charge in [-0.3, -0.25) is 0 Å². The standard InChI is InChI=1S/C27H18N4O6/c32-22-13-28-25(35-22)16-1-7-19(8-2-16)31(20-9-3-17(4-10-20)26-29-14-23(33)36-26)21-11-5-18(6-12-21)27-30-15-24(34)37-27/h1-15,32-34H. The zero-order valence-corrected chi connectivity index (χ0v) is 19.0. The molecule has 0 fully saturated rings. The molecule has 0 unspecified atom stereocenters. The van der Waals surface area contributed by atoms with Crippen molar-refractivity contribution in [2.24, 2.45) is 0 Å². The zero-order valence-electron chi connectivity index (χ0n) is 19.0. The van der Waals surface area contributed by atoms with Crippen LogP contribution >= 0.6 is 0 Å². The summed E-state index contributed by atoms with van der Waals surface area (Å²) in [4.78, 5) is 14.2. The van der Waals surface area contributed by atoms with Crippen LogP contribution in [0.2, 0.25) is 0 Å². The number of aromatic hydroxyl groups is 3. The van der Waals surface area contributed by atoms with E-state index < -0.39 is 0 Å². The Morgan fingerprint density at radius 2 is 0.703 bits per heavy atom. The summed E-state index contributed by atoms with van der Waals surface area (Å²) >= 11 is 0. The Morgan fingerprint density at radius 1 is 0.432 bits per heavy atom. The van der Waals surface area contributed by atoms with Crippen LogP contribution in [0.3, 0.4) is 0 Å². The van der Waals surface area contributed by atoms with Gasteiger partial charge in [0.1, 0.15) is 18.6 Å². The van der Waals surface area contributed by atoms with Crippen molar-refractivity contribution in [1.82, 2.24) is 15.0 Å². The minimum atomic E-state index is -0.250. The van der Waals surface area contributed by atoms with E-state index in [1.54, 1.807) is 0 Å². The van der Waals surface area contributed by atoms with Crippen molar-refractivity contribution in [1.29, 1.82) is 0 Å². The van der Waals surface area contributed by atoms with Crippen molar-refractivity contribution in [3.05, 3.63) is 91.4 Å². The van der Waals surface area contributed by atoms with Gasteiger partial charge in [0.25, 0.3) is 0 Å². The molecule has 0 aliphatic heterocycles. The lowest BCUT2D eigenvalue weighted by atomic mass is 10.1. The van der Waals surface area contributed by atoms with Crippen molar-refractivity contribution in [3.8, 4) is 52.2 Å². The predicted molar refractivity (Wildman–Crippen MR) is 133 cm³/mol. The quantitative estimate of drug-likeness (QED) is 0.243. The first-order valence-electron chi connectivity index (χ1n) is 11.1. The van der Waals surface area contributed by atoms with E-state index in [0.29, 0.717) is 34.4 Å². The number of oxazole rings is 3. The number of hydrogen-bond donors (Lipinski definition) is 3. The largest absolute Gasteiger partial charge is 0.480 e. The summed E-state index contributed by atoms with van der Waals surface area (Å²) in [7, 11) is 0. The lowest BCUT2D eigenvalue weighted by molar-refractivity contribution is 0.336. The number of anilines is 3. The number of rotatable bonds is 6. The van der Waals surface area contributed by atoms with Crippen LogP contribution in [0.15, 0.2) is 105 Å². The molecule has 0 radical (unpaired) electrons. The highest BCUT2D eigenvalue weighted by Gasteiger charge is 2.16. The molecule has 6 aromatic rings. The molecule has 3 N–H and O–H groups in total. The molecule has 10 nitrogen and oxygen atoms in total. The van der Waals surface area contributed by atoms with Crippen LogP contribution in [0.25, 0.3) is 34.4 Å². The number of benzene rings is 3. The van der Waals surface area contributed by atoms with Gasteiger partial charge in [-0.15, -0.1) is 0 Å². The molecule has 0 spiro atoms. The van der Waals surface area contributed by atoms with Gasteiger partial charge < -0.3 is 33.5 Å². The second kappa shape index (κ2) is 8.93. The van der Waals surface area contributed by atoms with E-state index in [1.165, 1.54) is 18.6 Å². The van der Waals surface area contributed by atoms with Crippen LogP contribution in [-0.2, 0) is 0 Å². The Balaban J connectivity index is 1.38. The fraction of sp³-hybridized carbons (Fsp3) is 0. The van der Waals surface area contributed by atoms with Gasteiger partial charge in [0, 0.05) is 33.8 Å². The molecule has 182 valence electrons. The number of aromatic nitrogens is 3. The molecule has 0 saturated carbocycles. The third-order valence-corrected chi connectivity index (χ3v) is 5.60. The third-order valence-electron chi connectivity index (χ3n) is 5.60. The topological polar surface area (TPSA) is 142 Å². The normalized spacial score (nSPS) is 11.0. The highest BCUT2D eigenvalue weighted by molar-refractivity contribution is 5.79. The summed E-state index contributed by atoms with van der Waals surface area (Å²) in [6.07, 6.45) is 3.75. The van der Waals surface area contributed by atoms with Crippen molar-refractivity contribution in [3.63, 3.8) is 0 Å². The highest BCUT2D eigenvalue weighted by atomic mass is 16.5. The molecular weight excluding hydrogens is 476 g/mol. The maximum absolute atomic E-state index is 9.48. The molecular formula is C27H18N4O6. The minimum Gasteiger partial charge on any atom is -0.480 e. The lowest BCUT2D eigenvalue weighted by Gasteiger charge is -2.26. The lowest BCUT2D eigenvalue weighted by Crippen LogP contribution is -2.09. The fourth-order valence-electron chi connectivity index (χ4n) is 3.90. The smallest absolute Gasteiger partial charge is 0.302 e. The van der Waals surface area contributed by atoms with Gasteiger partial charge in [0.2, 0.25) is 17.7 Å². The summed E-state index contributed by atoms with van der Waals surface area (Å²) in [5.74, 6) is 0.187. The van der Waals surface area contributed by atoms with E-state index in [1.807, 2.05) is 77.7 Å². The number of hydrogen-bond acceptors (Lipinski definition) is 10. The van der Waals surface area contributed by atoms with Crippen molar-refractivity contribution in [2.75, 3.05) is 4.90 Å². The van der Waals surface area contributed by atoms with Crippen LogP contribution in [-0.4, -0.2) is 30.3 Å². The van der Waals surface area contributed by atoms with Crippen LogP contribution in [0.1, 0.15) is 0 Å². The Morgan fingerprint density at radius 3 is 0.919 bits per heavy atom. The zero-order chi connectivity index (χ0) is 25.4. The molecule has 0 saturated heterocycles. The maximum atomic E-state index is 9.48. The Hall–Kier alpha value is -5.51. The summed E-state index contributed by atoms with van der Waals surface area (Å²) in [5.41, 5.74) is 4.68. The van der Waals surface area contributed by atoms with E-state index >= 15 is 0 Å². The van der Waals surface area contributed by atoms with Crippen LogP contribution in [0.4, 0.5) is 17.1 Å². The van der Waals surface area contributed by atoms with E-state index in [0.717, 1.165) is 17.1 Å². The Labute approximate surface area is 209 Å². The first-order chi connectivity index (χ1) is 18.0. The summed E-state index contributed by atoms with van der Waals surface area (Å²) in [6.45, 7) is 0. The average molecular weight is 494 g/mol. The van der Waals surface area contributed by atoms with Gasteiger partial charge >= 0.3 is 17.8 Å². The van der Waals surface area contributed by atoms with Crippen molar-refractivity contribution >= 4 is 17.1 Å². The third kappa shape index (κ3) is 4.34. The molecule has 3 heterocycles. The van der Waals surface area contributed by atoms with E-state index in [4.69, 9.17) is 13.3 Å². The highest BCUT2D eigenvalue weighted by Crippen LogP contribution is 2.38. The molecule has 3 aromatic carbocycles. The molecule has 10 heteroatoms. The van der Waals surface area contributed by atoms with Crippen LogP contribution in [0, 0.1) is 0 Å². The van der Waals surface area contributed by atoms with E-state index in [2.05, 4.69) is 15.0 Å². The fourth-order valence-corrected chi connectivity index (χ4v) is 3.90. The van der Waals surface area contributed by atoms with Gasteiger partial charge in [-0.1, -0.05) is 0 Å². The number of nitrogens with zero attached hydrogens (tertiary/aromatic N) is 4. The van der Waals surface area contributed by atoms with Gasteiger partial charge in [-0.25, -0.2) is 15.0 Å². The summed E-state index contributed by atoms with van der Waals surface area (Å²) in [5, 5.41) is 28.4. The van der Waals surface area contributed by atoms with Gasteiger partial charge in [-0.2, -0.15) is 0 Å². The molecule has 0 bridgehead atoms. The molecule has 0 aliphatic rings. The van der Waals surface area contributed by atoms with Crippen LogP contribution in [0.5, 0.6) is 17.8 Å². The van der Waals surface area contributed by atoms with Gasteiger partial charge in [-0.05, 0) is 72.8 Å². The first kappa shape index (κ1) is 22.0. The van der Waals surface area contributed by atoms with Crippen LogP contribution < -0.4 is 4.90 Å². The Kier molecular flexibility index (Phi) is 5.31. The van der Waals surface area contributed by atoms with Gasteiger partial charge in [0.15, 0.2) is 0 Å². The molecule has 3 aromatic heterocycles. The second-order valence-electron chi connectivity index (χ2n) is 7.99. The summed E-state index contributed by atoms with van der Waals surface area (Å²) in [6, 6.07) is 22.6. The SMILES string of the molecule is Oc1cnc(-c2ccc(N(c3ccc(-c4ncc(O)o4)cc3)c3ccc(-c4ncc(O)o4)cc3)cc2)o1. The van der Waals surface area contributed by atoms with E-state index in [9.17, 15) is 15.3 Å². The second-order valence-corrected chi connectivity index (χ2v) is 7.99. The minimum absolute atomic E-state index is 0.250. The van der Waals surface area contributed by atoms with Gasteiger partial charge in [0.05, 0.1) is 0 Å². The van der Waals surface area contributed by atoms with Crippen molar-refractivity contribution < 1.29 is 28.6 Å². The molecule has 0 amide bonds.